The Hall–Kier alpha value is -1.41. The van der Waals surface area contributed by atoms with Gasteiger partial charge in [-0.2, -0.15) is 0 Å². The lowest BCUT2D eigenvalue weighted by Gasteiger charge is -2.19. The van der Waals surface area contributed by atoms with Crippen molar-refractivity contribution in [2.75, 3.05) is 32.1 Å². The van der Waals surface area contributed by atoms with Crippen molar-refractivity contribution in [3.05, 3.63) is 45.8 Å². The van der Waals surface area contributed by atoms with Crippen LogP contribution in [0.5, 0.6) is 0 Å². The number of rotatable bonds is 6. The van der Waals surface area contributed by atoms with Crippen molar-refractivity contribution < 1.29 is 9.21 Å². The van der Waals surface area contributed by atoms with E-state index in [2.05, 4.69) is 25.8 Å². The van der Waals surface area contributed by atoms with Gasteiger partial charge >= 0.3 is 0 Å². The highest BCUT2D eigenvalue weighted by atomic mass is 79.9. The van der Waals surface area contributed by atoms with E-state index in [1.165, 1.54) is 11.3 Å². The predicted octanol–water partition coefficient (Wildman–Crippen LogP) is 4.90. The summed E-state index contributed by atoms with van der Waals surface area (Å²) >= 11 is 10.9. The molecule has 0 radical (unpaired) electrons. The first-order valence-electron chi connectivity index (χ1n) is 7.72. The minimum atomic E-state index is -0.209. The van der Waals surface area contributed by atoms with Gasteiger partial charge in [-0.25, -0.2) is 4.98 Å². The van der Waals surface area contributed by atoms with Crippen molar-refractivity contribution >= 4 is 60.1 Å². The molecule has 3 rings (SSSR count). The topological polar surface area (TPSA) is 49.6 Å². The molecular weight excluding hydrogens is 426 g/mol. The maximum atomic E-state index is 12.9. The molecule has 0 aliphatic rings. The predicted molar refractivity (Wildman–Crippen MR) is 106 cm³/mol. The molecule has 5 nitrogen and oxygen atoms in total. The number of hydrogen-bond donors (Lipinski definition) is 0. The number of fused-ring (bicyclic) bond motifs is 1. The molecule has 1 amide bonds. The molecule has 0 fully saturated rings. The molecule has 0 spiro atoms. The molecule has 0 N–H and O–H groups in total. The van der Waals surface area contributed by atoms with Gasteiger partial charge in [0.2, 0.25) is 0 Å². The van der Waals surface area contributed by atoms with Gasteiger partial charge in [-0.3, -0.25) is 9.69 Å². The third kappa shape index (κ3) is 4.23. The van der Waals surface area contributed by atoms with Crippen LogP contribution in [-0.4, -0.2) is 43.0 Å². The third-order valence-electron chi connectivity index (χ3n) is 3.61. The molecule has 0 aliphatic heterocycles. The Labute approximate surface area is 163 Å². The quantitative estimate of drug-likeness (QED) is 0.544. The number of amides is 1. The van der Waals surface area contributed by atoms with Gasteiger partial charge < -0.3 is 9.32 Å². The van der Waals surface area contributed by atoms with E-state index in [9.17, 15) is 4.79 Å². The Balaban J connectivity index is 1.93. The molecule has 132 valence electrons. The maximum absolute atomic E-state index is 12.9. The maximum Gasteiger partial charge on any atom is 0.295 e. The van der Waals surface area contributed by atoms with Crippen molar-refractivity contribution in [3.8, 4) is 0 Å². The average Bonchev–Trinajstić information content (AvgIpc) is 3.18. The van der Waals surface area contributed by atoms with Crippen LogP contribution in [0.25, 0.3) is 10.2 Å². The van der Waals surface area contributed by atoms with Crippen LogP contribution in [0.3, 0.4) is 0 Å². The van der Waals surface area contributed by atoms with Crippen LogP contribution in [0.1, 0.15) is 17.0 Å². The minimum Gasteiger partial charge on any atom is -0.444 e. The molecule has 0 atom stereocenters. The van der Waals surface area contributed by atoms with Crippen LogP contribution >= 0.6 is 38.9 Å². The number of aromatic nitrogens is 1. The number of hydrogen-bond acceptors (Lipinski definition) is 5. The van der Waals surface area contributed by atoms with Crippen LogP contribution in [0.4, 0.5) is 5.13 Å². The average molecular weight is 443 g/mol. The van der Waals surface area contributed by atoms with E-state index in [1.54, 1.807) is 23.1 Å². The van der Waals surface area contributed by atoms with E-state index >= 15 is 0 Å². The van der Waals surface area contributed by atoms with Crippen molar-refractivity contribution in [1.29, 1.82) is 0 Å². The van der Waals surface area contributed by atoms with E-state index in [0.717, 1.165) is 23.2 Å². The van der Waals surface area contributed by atoms with Crippen molar-refractivity contribution in [1.82, 2.24) is 9.88 Å². The molecule has 3 aromatic rings. The smallest absolute Gasteiger partial charge is 0.295 e. The Bertz CT molecular complexity index is 893. The van der Waals surface area contributed by atoms with E-state index < -0.39 is 0 Å². The SMILES string of the molecule is CN(C)CCCN(C(=O)c1ccc(Br)o1)c1nc2c(Cl)cccc2s1. The van der Waals surface area contributed by atoms with Gasteiger partial charge in [0.15, 0.2) is 15.6 Å². The number of para-hydroxylation sites is 1. The molecular formula is C17H17BrClN3O2S. The molecule has 0 aliphatic carbocycles. The van der Waals surface area contributed by atoms with Crippen molar-refractivity contribution in [2.24, 2.45) is 0 Å². The Kier molecular flexibility index (Phi) is 5.78. The van der Waals surface area contributed by atoms with Crippen LogP contribution in [0.15, 0.2) is 39.4 Å². The molecule has 0 saturated carbocycles. The summed E-state index contributed by atoms with van der Waals surface area (Å²) in [6, 6.07) is 9.00. The highest BCUT2D eigenvalue weighted by Gasteiger charge is 2.24. The lowest BCUT2D eigenvalue weighted by molar-refractivity contribution is 0.0958. The number of thiazole rings is 1. The van der Waals surface area contributed by atoms with Gasteiger partial charge in [-0.05, 0) is 67.3 Å². The van der Waals surface area contributed by atoms with Crippen LogP contribution < -0.4 is 4.90 Å². The number of halogens is 2. The molecule has 2 heterocycles. The van der Waals surface area contributed by atoms with Gasteiger partial charge in [-0.15, -0.1) is 0 Å². The second-order valence-corrected chi connectivity index (χ2v) is 8.00. The molecule has 1 aromatic carbocycles. The van der Waals surface area contributed by atoms with Gasteiger partial charge in [0.05, 0.1) is 9.72 Å². The standard InChI is InChI=1S/C17H17BrClN3O2S/c1-21(2)9-4-10-22(16(23)12-7-8-14(18)24-12)17-20-15-11(19)5-3-6-13(15)25-17/h3,5-8H,4,9-10H2,1-2H3. The van der Waals surface area contributed by atoms with E-state index in [1.807, 2.05) is 26.2 Å². The second kappa shape index (κ2) is 7.86. The Morgan fingerprint density at radius 2 is 2.08 bits per heavy atom. The third-order valence-corrected chi connectivity index (χ3v) is 5.38. The molecule has 25 heavy (non-hydrogen) atoms. The molecule has 8 heteroatoms. The number of carbonyl (C=O) groups is 1. The normalized spacial score (nSPS) is 11.4. The molecule has 2 aromatic heterocycles. The number of benzene rings is 1. The fourth-order valence-electron chi connectivity index (χ4n) is 2.41. The minimum absolute atomic E-state index is 0.209. The molecule has 0 saturated heterocycles. The highest BCUT2D eigenvalue weighted by molar-refractivity contribution is 9.10. The first-order valence-corrected chi connectivity index (χ1v) is 9.71. The summed E-state index contributed by atoms with van der Waals surface area (Å²) in [7, 11) is 4.01. The van der Waals surface area contributed by atoms with Gasteiger partial charge in [0.1, 0.15) is 5.52 Å². The number of carbonyl (C=O) groups excluding carboxylic acids is 1. The Morgan fingerprint density at radius 1 is 1.28 bits per heavy atom. The van der Waals surface area contributed by atoms with E-state index in [-0.39, 0.29) is 11.7 Å². The highest BCUT2D eigenvalue weighted by Crippen LogP contribution is 2.33. The molecule has 0 bridgehead atoms. The van der Waals surface area contributed by atoms with Crippen LogP contribution in [0, 0.1) is 0 Å². The summed E-state index contributed by atoms with van der Waals surface area (Å²) in [6.07, 6.45) is 0.824. The second-order valence-electron chi connectivity index (χ2n) is 5.80. The monoisotopic (exact) mass is 441 g/mol. The zero-order chi connectivity index (χ0) is 18.0. The first-order chi connectivity index (χ1) is 12.0. The van der Waals surface area contributed by atoms with Crippen LogP contribution in [-0.2, 0) is 0 Å². The lowest BCUT2D eigenvalue weighted by Crippen LogP contribution is -2.33. The summed E-state index contributed by atoms with van der Waals surface area (Å²) in [4.78, 5) is 21.3. The fraction of sp³-hybridized carbons (Fsp3) is 0.294. The van der Waals surface area contributed by atoms with Gasteiger partial charge in [0, 0.05) is 6.54 Å². The van der Waals surface area contributed by atoms with Crippen molar-refractivity contribution in [2.45, 2.75) is 6.42 Å². The number of anilines is 1. The fourth-order valence-corrected chi connectivity index (χ4v) is 4.01. The molecule has 0 unspecified atom stereocenters. The summed E-state index contributed by atoms with van der Waals surface area (Å²) in [6.45, 7) is 1.42. The largest absolute Gasteiger partial charge is 0.444 e. The number of furan rings is 1. The first kappa shape index (κ1) is 18.4. The zero-order valence-corrected chi connectivity index (χ0v) is 17.0. The van der Waals surface area contributed by atoms with Crippen LogP contribution in [0.2, 0.25) is 5.02 Å². The van der Waals surface area contributed by atoms with Crippen molar-refractivity contribution in [3.63, 3.8) is 0 Å². The summed E-state index contributed by atoms with van der Waals surface area (Å²) in [5.41, 5.74) is 0.718. The summed E-state index contributed by atoms with van der Waals surface area (Å²) < 4.78 is 6.92. The lowest BCUT2D eigenvalue weighted by atomic mass is 10.3. The van der Waals surface area contributed by atoms with Gasteiger partial charge in [0.25, 0.3) is 5.91 Å². The van der Waals surface area contributed by atoms with E-state index in [4.69, 9.17) is 16.0 Å². The number of nitrogens with zero attached hydrogens (tertiary/aromatic N) is 3. The summed E-state index contributed by atoms with van der Waals surface area (Å²) in [5.74, 6) is 0.0710. The zero-order valence-electron chi connectivity index (χ0n) is 13.8. The van der Waals surface area contributed by atoms with E-state index in [0.29, 0.717) is 21.4 Å². The van der Waals surface area contributed by atoms with Gasteiger partial charge in [-0.1, -0.05) is 29.0 Å². The summed E-state index contributed by atoms with van der Waals surface area (Å²) in [5, 5.41) is 1.21. The Morgan fingerprint density at radius 3 is 2.72 bits per heavy atom.